The molecule has 3 aliphatic rings. The Labute approximate surface area is 235 Å². The molecule has 0 aromatic heterocycles. The van der Waals surface area contributed by atoms with Gasteiger partial charge in [0.15, 0.2) is 13.9 Å². The number of benzene rings is 2. The predicted molar refractivity (Wildman–Crippen MR) is 153 cm³/mol. The highest BCUT2D eigenvalue weighted by Crippen LogP contribution is 2.58. The number of carbonyl (C=O) groups is 3. The Hall–Kier alpha value is -3.09. The van der Waals surface area contributed by atoms with Crippen molar-refractivity contribution in [2.24, 2.45) is 5.92 Å². The minimum atomic E-state index is -2.94. The summed E-state index contributed by atoms with van der Waals surface area (Å²) in [5, 5.41) is 15.7. The van der Waals surface area contributed by atoms with Crippen LogP contribution >= 0.6 is 0 Å². The van der Waals surface area contributed by atoms with Crippen molar-refractivity contribution in [3.8, 4) is 0 Å². The fraction of sp³-hybridized carbons (Fsp3) is 0.483. The van der Waals surface area contributed by atoms with Crippen LogP contribution in [0.15, 0.2) is 48.5 Å². The maximum Gasteiger partial charge on any atom is 0.261 e. The number of hydrogen-bond acceptors (Lipinski definition) is 7. The van der Waals surface area contributed by atoms with Gasteiger partial charge in [0, 0.05) is 54.6 Å². The quantitative estimate of drug-likeness (QED) is 0.358. The number of anilines is 2. The second-order valence-corrected chi connectivity index (χ2v) is 15.5. The molecule has 11 heteroatoms. The fourth-order valence-corrected chi connectivity index (χ4v) is 9.20. The molecule has 2 saturated heterocycles. The van der Waals surface area contributed by atoms with Crippen LogP contribution < -0.4 is 15.5 Å². The largest absolute Gasteiger partial charge is 0.432 e. The van der Waals surface area contributed by atoms with Crippen molar-refractivity contribution in [1.29, 1.82) is 0 Å². The Morgan fingerprint density at radius 3 is 2.62 bits per heavy atom. The van der Waals surface area contributed by atoms with E-state index in [1.165, 1.54) is 0 Å². The van der Waals surface area contributed by atoms with E-state index in [1.54, 1.807) is 15.9 Å². The normalized spacial score (nSPS) is 26.2. The number of nitrogens with zero attached hydrogens (tertiary/aromatic N) is 2. The molecule has 2 fully saturated rings. The van der Waals surface area contributed by atoms with E-state index in [0.29, 0.717) is 36.6 Å². The third-order valence-corrected chi connectivity index (χ3v) is 10.9. The Morgan fingerprint density at radius 1 is 1.20 bits per heavy atom. The number of aliphatic hydroxyl groups is 1. The maximum atomic E-state index is 13.7. The van der Waals surface area contributed by atoms with E-state index >= 15 is 0 Å². The van der Waals surface area contributed by atoms with E-state index in [2.05, 4.69) is 10.6 Å². The van der Waals surface area contributed by atoms with Gasteiger partial charge in [-0.25, -0.2) is 0 Å². The summed E-state index contributed by atoms with van der Waals surface area (Å²) in [6, 6.07) is 15.0. The number of hydrogen-bond donors (Lipinski definition) is 4. The van der Waals surface area contributed by atoms with Gasteiger partial charge in [-0.1, -0.05) is 37.3 Å². The molecule has 3 heterocycles. The Bertz CT molecular complexity index is 1290. The van der Waals surface area contributed by atoms with Gasteiger partial charge in [0.05, 0.1) is 25.7 Å². The van der Waals surface area contributed by atoms with Crippen LogP contribution in [0.4, 0.5) is 11.4 Å². The number of fused-ring (bicyclic) bond motifs is 2. The summed E-state index contributed by atoms with van der Waals surface area (Å²) in [7, 11) is -2.94. The third-order valence-electron chi connectivity index (χ3n) is 8.44. The number of piperazine rings is 1. The lowest BCUT2D eigenvalue weighted by Gasteiger charge is -2.33. The number of ether oxygens (including phenoxy) is 1. The van der Waals surface area contributed by atoms with Crippen LogP contribution in [-0.2, 0) is 31.3 Å². The van der Waals surface area contributed by atoms with Gasteiger partial charge >= 0.3 is 0 Å². The zero-order chi connectivity index (χ0) is 28.7. The van der Waals surface area contributed by atoms with E-state index in [0.717, 1.165) is 5.56 Å². The average molecular weight is 567 g/mol. The van der Waals surface area contributed by atoms with Gasteiger partial charge < -0.3 is 35.1 Å². The van der Waals surface area contributed by atoms with E-state index in [-0.39, 0.29) is 43.8 Å². The summed E-state index contributed by atoms with van der Waals surface area (Å²) in [5.74, 6) is -1.01. The van der Waals surface area contributed by atoms with E-state index < -0.39 is 31.5 Å². The van der Waals surface area contributed by atoms with Crippen molar-refractivity contribution in [2.75, 3.05) is 43.0 Å². The summed E-state index contributed by atoms with van der Waals surface area (Å²) in [5.41, 5.74) is 1.05. The van der Waals surface area contributed by atoms with Gasteiger partial charge in [-0.15, -0.1) is 0 Å². The molecule has 2 aromatic rings. The van der Waals surface area contributed by atoms with Crippen molar-refractivity contribution in [3.05, 3.63) is 59.7 Å². The Balaban J connectivity index is 1.47. The number of amides is 3. The summed E-state index contributed by atoms with van der Waals surface area (Å²) in [6.45, 7) is 7.28. The molecular formula is C29H38N4O6Si. The van der Waals surface area contributed by atoms with Crippen molar-refractivity contribution >= 4 is 37.4 Å². The molecule has 4 N–H and O–H groups in total. The number of rotatable bonds is 8. The molecule has 2 aromatic carbocycles. The zero-order valence-corrected chi connectivity index (χ0v) is 24.2. The molecule has 1 spiro atoms. The molecule has 3 aliphatic heterocycles. The number of carbonyl (C=O) groups excluding carboxylic acids is 3. The maximum absolute atomic E-state index is 13.7. The molecular weight excluding hydrogens is 528 g/mol. The molecule has 0 bridgehead atoms. The lowest BCUT2D eigenvalue weighted by molar-refractivity contribution is -0.148. The van der Waals surface area contributed by atoms with Gasteiger partial charge in [-0.3, -0.25) is 14.4 Å². The van der Waals surface area contributed by atoms with Crippen molar-refractivity contribution in [2.45, 2.75) is 50.2 Å². The summed E-state index contributed by atoms with van der Waals surface area (Å²) < 4.78 is 6.66. The van der Waals surface area contributed by atoms with Gasteiger partial charge in [0.2, 0.25) is 11.8 Å². The predicted octanol–water partition coefficient (Wildman–Crippen LogP) is 1.78. The molecule has 0 radical (unpaired) electrons. The second kappa shape index (κ2) is 11.1. The second-order valence-electron chi connectivity index (χ2n) is 11.5. The lowest BCUT2D eigenvalue weighted by atomic mass is 9.82. The molecule has 0 saturated carbocycles. The number of aliphatic hydroxyl groups excluding tert-OH is 1. The highest BCUT2D eigenvalue weighted by atomic mass is 28.4. The summed E-state index contributed by atoms with van der Waals surface area (Å²) >= 11 is 0. The zero-order valence-electron chi connectivity index (χ0n) is 23.2. The first-order valence-electron chi connectivity index (χ1n) is 13.9. The van der Waals surface area contributed by atoms with Crippen LogP contribution in [0.5, 0.6) is 0 Å². The standard InChI is InChI=1S/C29H38N4O6Si/c1-19-27(40(2,3)38)24(16-25(35)32(13-14-34)18-20-7-5-4-6-8-20)39-29(19)22-15-21(9-10-23(22)31-28(29)37)33-12-11-30-17-26(33)36/h4-10,15,19,24,27,30,34,38H,11-14,16-18H2,1-3H3,(H,31,37)/t19-,24+,27-,29+/m0/s1. The Morgan fingerprint density at radius 2 is 1.95 bits per heavy atom. The van der Waals surface area contributed by atoms with Crippen LogP contribution in [0.2, 0.25) is 18.6 Å². The number of nitrogens with one attached hydrogen (secondary N) is 2. The SMILES string of the molecule is C[C@H]1[C@H]([Si](C)(C)O)[C@@H](CC(=O)N(CCO)Cc2ccccc2)O[C@]12C(=O)Nc1ccc(N3CCNCC3=O)cc12. The summed E-state index contributed by atoms with van der Waals surface area (Å²) in [6.07, 6.45) is -0.730. The molecule has 5 rings (SSSR count). The molecule has 40 heavy (non-hydrogen) atoms. The average Bonchev–Trinajstić information content (AvgIpc) is 3.37. The van der Waals surface area contributed by atoms with Gasteiger partial charge in [0.1, 0.15) is 0 Å². The first kappa shape index (κ1) is 28.4. The first-order chi connectivity index (χ1) is 19.1. The van der Waals surface area contributed by atoms with Crippen molar-refractivity contribution in [1.82, 2.24) is 10.2 Å². The Kier molecular flexibility index (Phi) is 7.86. The summed E-state index contributed by atoms with van der Waals surface area (Å²) in [4.78, 5) is 54.6. The minimum absolute atomic E-state index is 0.0286. The molecule has 0 aliphatic carbocycles. The molecule has 214 valence electrons. The molecule has 3 amide bonds. The fourth-order valence-electron chi connectivity index (χ4n) is 6.65. The van der Waals surface area contributed by atoms with E-state index in [9.17, 15) is 24.3 Å². The van der Waals surface area contributed by atoms with Gasteiger partial charge in [-0.05, 0) is 36.9 Å². The van der Waals surface area contributed by atoms with Crippen LogP contribution in [0.3, 0.4) is 0 Å². The first-order valence-corrected chi connectivity index (χ1v) is 16.9. The van der Waals surface area contributed by atoms with E-state index in [1.807, 2.05) is 62.5 Å². The highest BCUT2D eigenvalue weighted by molar-refractivity contribution is 6.71. The van der Waals surface area contributed by atoms with Crippen molar-refractivity contribution < 1.29 is 29.0 Å². The van der Waals surface area contributed by atoms with Crippen LogP contribution in [0.1, 0.15) is 24.5 Å². The molecule has 10 nitrogen and oxygen atoms in total. The van der Waals surface area contributed by atoms with Gasteiger partial charge in [-0.2, -0.15) is 0 Å². The monoisotopic (exact) mass is 566 g/mol. The lowest BCUT2D eigenvalue weighted by Crippen LogP contribution is -2.48. The van der Waals surface area contributed by atoms with Crippen molar-refractivity contribution in [3.63, 3.8) is 0 Å². The smallest absolute Gasteiger partial charge is 0.261 e. The third kappa shape index (κ3) is 5.08. The highest BCUT2D eigenvalue weighted by Gasteiger charge is 2.65. The molecule has 4 atom stereocenters. The topological polar surface area (TPSA) is 131 Å². The van der Waals surface area contributed by atoms with Gasteiger partial charge in [0.25, 0.3) is 5.91 Å². The van der Waals surface area contributed by atoms with Crippen LogP contribution in [0.25, 0.3) is 0 Å². The van der Waals surface area contributed by atoms with Crippen LogP contribution in [-0.4, -0.2) is 79.7 Å². The van der Waals surface area contributed by atoms with Crippen LogP contribution in [0, 0.1) is 5.92 Å². The molecule has 0 unspecified atom stereocenters. The van der Waals surface area contributed by atoms with E-state index in [4.69, 9.17) is 4.74 Å². The minimum Gasteiger partial charge on any atom is -0.432 e.